The van der Waals surface area contributed by atoms with E-state index in [4.69, 9.17) is 9.31 Å². The van der Waals surface area contributed by atoms with Crippen LogP contribution in [0.4, 0.5) is 0 Å². The smallest absolute Gasteiger partial charge is 0.288 e. The Morgan fingerprint density at radius 2 is 2.62 bits per heavy atom. The Balaban J connectivity index is 2.50. The molecule has 0 aliphatic carbocycles. The average Bonchev–Trinajstić information content (AvgIpc) is 2.19. The van der Waals surface area contributed by atoms with E-state index in [1.54, 1.807) is 12.1 Å². The molecule has 0 bridgehead atoms. The lowest BCUT2D eigenvalue weighted by Crippen LogP contribution is -1.68. The summed E-state index contributed by atoms with van der Waals surface area (Å²) >= 11 is 0. The van der Waals surface area contributed by atoms with Crippen molar-refractivity contribution in [2.45, 2.75) is 0 Å². The highest BCUT2D eigenvalue weighted by Crippen LogP contribution is 2.16. The van der Waals surface area contributed by atoms with Crippen LogP contribution in [-0.2, 0) is 0 Å². The summed E-state index contributed by atoms with van der Waals surface area (Å²) in [5.74, 6) is 0.353. The van der Waals surface area contributed by atoms with Crippen molar-refractivity contribution in [3.05, 3.63) is 18.4 Å². The van der Waals surface area contributed by atoms with Crippen LogP contribution in [-0.4, -0.2) is 4.89 Å². The first kappa shape index (κ1) is 5.60. The van der Waals surface area contributed by atoms with Gasteiger partial charge in [-0.05, 0) is 6.07 Å². The Labute approximate surface area is 48.2 Å². The van der Waals surface area contributed by atoms with E-state index >= 15 is 0 Å². The zero-order valence-electron chi connectivity index (χ0n) is 4.00. The normalized spacial score (nSPS) is 10.6. The average molecular weight is 132 g/mol. The maximum Gasteiger partial charge on any atom is 0.288 e. The number of furan rings is 1. The lowest BCUT2D eigenvalue weighted by molar-refractivity contribution is 0.390. The molecule has 0 amide bonds. The molecule has 4 heteroatoms. The molecule has 1 aromatic rings. The van der Waals surface area contributed by atoms with Gasteiger partial charge in [-0.15, -0.1) is 0 Å². The second-order valence-electron chi connectivity index (χ2n) is 1.13. The molecule has 1 N–H and O–H groups in total. The fourth-order valence-corrected chi connectivity index (χ4v) is 0.573. The Morgan fingerprint density at radius 1 is 1.75 bits per heavy atom. The molecular weight excluding hydrogens is 127 g/mol. The molecule has 0 radical (unpaired) electrons. The SMILES string of the molecule is OPOc1ccco1. The highest BCUT2D eigenvalue weighted by molar-refractivity contribution is 7.25. The van der Waals surface area contributed by atoms with Crippen molar-refractivity contribution in [2.24, 2.45) is 0 Å². The molecule has 0 aliphatic heterocycles. The van der Waals surface area contributed by atoms with Gasteiger partial charge in [0.05, 0.1) is 6.26 Å². The van der Waals surface area contributed by atoms with Crippen LogP contribution in [0, 0.1) is 0 Å². The molecule has 0 aliphatic rings. The van der Waals surface area contributed by atoms with Gasteiger partial charge in [-0.1, -0.05) is 0 Å². The molecule has 1 aromatic heterocycles. The summed E-state index contributed by atoms with van der Waals surface area (Å²) in [5.41, 5.74) is 0. The molecule has 0 spiro atoms. The van der Waals surface area contributed by atoms with E-state index in [1.165, 1.54) is 6.26 Å². The lowest BCUT2D eigenvalue weighted by atomic mass is 10.7. The van der Waals surface area contributed by atoms with Gasteiger partial charge < -0.3 is 13.8 Å². The highest BCUT2D eigenvalue weighted by atomic mass is 31.1. The highest BCUT2D eigenvalue weighted by Gasteiger charge is 1.89. The molecular formula is C4H5O3P. The molecule has 0 saturated carbocycles. The molecule has 0 aromatic carbocycles. The van der Waals surface area contributed by atoms with Crippen molar-refractivity contribution >= 4 is 9.03 Å². The number of rotatable bonds is 2. The van der Waals surface area contributed by atoms with E-state index in [2.05, 4.69) is 4.52 Å². The molecule has 1 unspecified atom stereocenters. The van der Waals surface area contributed by atoms with E-state index in [9.17, 15) is 0 Å². The van der Waals surface area contributed by atoms with Crippen LogP contribution in [0.3, 0.4) is 0 Å². The van der Waals surface area contributed by atoms with Crippen LogP contribution < -0.4 is 4.52 Å². The Morgan fingerprint density at radius 3 is 3.12 bits per heavy atom. The largest absolute Gasteiger partial charge is 0.434 e. The van der Waals surface area contributed by atoms with Crippen molar-refractivity contribution in [1.29, 1.82) is 0 Å². The van der Waals surface area contributed by atoms with Crippen molar-refractivity contribution in [2.75, 3.05) is 0 Å². The third kappa shape index (κ3) is 1.22. The molecule has 1 heterocycles. The fraction of sp³-hybridized carbons (Fsp3) is 0. The fourth-order valence-electron chi connectivity index (χ4n) is 0.367. The first-order valence-corrected chi connectivity index (χ1v) is 2.88. The van der Waals surface area contributed by atoms with Gasteiger partial charge in [-0.25, -0.2) is 0 Å². The van der Waals surface area contributed by atoms with Gasteiger partial charge >= 0.3 is 0 Å². The first-order valence-electron chi connectivity index (χ1n) is 2.03. The van der Waals surface area contributed by atoms with Crippen molar-refractivity contribution < 1.29 is 13.8 Å². The topological polar surface area (TPSA) is 42.6 Å². The van der Waals surface area contributed by atoms with Gasteiger partial charge in [0.15, 0.2) is 0 Å². The quantitative estimate of drug-likeness (QED) is 0.614. The van der Waals surface area contributed by atoms with Crippen molar-refractivity contribution in [1.82, 2.24) is 0 Å². The number of hydrogen-bond donors (Lipinski definition) is 1. The van der Waals surface area contributed by atoms with E-state index in [-0.39, 0.29) is 0 Å². The summed E-state index contributed by atoms with van der Waals surface area (Å²) in [7, 11) is -0.542. The third-order valence-electron chi connectivity index (χ3n) is 0.641. The van der Waals surface area contributed by atoms with Gasteiger partial charge in [-0.2, -0.15) is 0 Å². The van der Waals surface area contributed by atoms with E-state index in [0.29, 0.717) is 5.95 Å². The molecule has 3 nitrogen and oxygen atoms in total. The molecule has 1 rings (SSSR count). The molecule has 44 valence electrons. The maximum atomic E-state index is 8.18. The lowest BCUT2D eigenvalue weighted by Gasteiger charge is -1.90. The predicted octanol–water partition coefficient (Wildman–Crippen LogP) is 1.16. The third-order valence-corrected chi connectivity index (χ3v) is 0.934. The summed E-state index contributed by atoms with van der Waals surface area (Å²) < 4.78 is 9.26. The monoisotopic (exact) mass is 132 g/mol. The maximum absolute atomic E-state index is 8.18. The van der Waals surface area contributed by atoms with E-state index in [0.717, 1.165) is 0 Å². The minimum absolute atomic E-state index is 0.353. The van der Waals surface area contributed by atoms with Crippen LogP contribution in [0.1, 0.15) is 0 Å². The number of hydrogen-bond acceptors (Lipinski definition) is 3. The van der Waals surface area contributed by atoms with Crippen molar-refractivity contribution in [3.63, 3.8) is 0 Å². The standard InChI is InChI=1S/C4H5O3P/c5-8-7-4-2-1-3-6-4/h1-3,5,8H. The summed E-state index contributed by atoms with van der Waals surface area (Å²) in [6.07, 6.45) is 1.48. The summed E-state index contributed by atoms with van der Waals surface area (Å²) in [4.78, 5) is 8.18. The zero-order valence-corrected chi connectivity index (χ0v) is 5.00. The summed E-state index contributed by atoms with van der Waals surface area (Å²) in [5, 5.41) is 0. The van der Waals surface area contributed by atoms with Crippen LogP contribution in [0.25, 0.3) is 0 Å². The first-order chi connectivity index (χ1) is 3.93. The minimum Gasteiger partial charge on any atom is -0.434 e. The Hall–Kier alpha value is -0.530. The Kier molecular flexibility index (Phi) is 1.89. The summed E-state index contributed by atoms with van der Waals surface area (Å²) in [6.45, 7) is 0. The van der Waals surface area contributed by atoms with Crippen LogP contribution in [0.15, 0.2) is 22.8 Å². The van der Waals surface area contributed by atoms with E-state index in [1.807, 2.05) is 0 Å². The van der Waals surface area contributed by atoms with Crippen LogP contribution in [0.5, 0.6) is 5.95 Å². The molecule has 0 saturated heterocycles. The van der Waals surface area contributed by atoms with Gasteiger partial charge in [0.2, 0.25) is 9.03 Å². The zero-order chi connectivity index (χ0) is 5.82. The molecule has 0 fully saturated rings. The van der Waals surface area contributed by atoms with E-state index < -0.39 is 9.03 Å². The molecule has 1 atom stereocenters. The Bertz CT molecular complexity index is 137. The van der Waals surface area contributed by atoms with Crippen LogP contribution >= 0.6 is 9.03 Å². The van der Waals surface area contributed by atoms with Gasteiger partial charge in [0.25, 0.3) is 5.95 Å². The summed E-state index contributed by atoms with van der Waals surface area (Å²) in [6, 6.07) is 3.32. The van der Waals surface area contributed by atoms with Crippen LogP contribution in [0.2, 0.25) is 0 Å². The van der Waals surface area contributed by atoms with Gasteiger partial charge in [0.1, 0.15) is 0 Å². The van der Waals surface area contributed by atoms with Gasteiger partial charge in [0, 0.05) is 6.07 Å². The molecule has 8 heavy (non-hydrogen) atoms. The minimum atomic E-state index is -0.542. The van der Waals surface area contributed by atoms with Crippen molar-refractivity contribution in [3.8, 4) is 5.95 Å². The predicted molar refractivity (Wildman–Crippen MR) is 29.9 cm³/mol. The second kappa shape index (κ2) is 2.70. The van der Waals surface area contributed by atoms with Gasteiger partial charge in [-0.3, -0.25) is 0 Å². The second-order valence-corrected chi connectivity index (χ2v) is 1.51.